The minimum Gasteiger partial charge on any atom is -0.337 e. The van der Waals surface area contributed by atoms with Crippen LogP contribution in [0.2, 0.25) is 0 Å². The maximum atomic E-state index is 13.2. The number of carbonyl (C=O) groups is 2. The highest BCUT2D eigenvalue weighted by molar-refractivity contribution is 6.04. The van der Waals surface area contributed by atoms with Gasteiger partial charge in [0.1, 0.15) is 0 Å². The van der Waals surface area contributed by atoms with Gasteiger partial charge in [0, 0.05) is 25.1 Å². The van der Waals surface area contributed by atoms with Crippen molar-refractivity contribution in [2.75, 3.05) is 12.4 Å². The third-order valence-corrected chi connectivity index (χ3v) is 4.72. The van der Waals surface area contributed by atoms with Gasteiger partial charge in [-0.25, -0.2) is 0 Å². The normalized spacial score (nSPS) is 10.8. The molecule has 1 aromatic heterocycles. The lowest BCUT2D eigenvalue weighted by Crippen LogP contribution is -2.28. The quantitative estimate of drug-likeness (QED) is 0.660. The van der Waals surface area contributed by atoms with Gasteiger partial charge < -0.3 is 10.2 Å². The molecule has 2 N–H and O–H groups in total. The van der Waals surface area contributed by atoms with Crippen molar-refractivity contribution in [3.63, 3.8) is 0 Å². The average molecular weight is 390 g/mol. The maximum Gasteiger partial charge on any atom is 0.256 e. The molecule has 0 aliphatic heterocycles. The number of nitrogens with zero attached hydrogens (tertiary/aromatic N) is 2. The number of aryl methyl sites for hydroxylation is 1. The lowest BCUT2D eigenvalue weighted by molar-refractivity contribution is -0.118. The molecular weight excluding hydrogens is 364 g/mol. The molecule has 0 aliphatic carbocycles. The summed E-state index contributed by atoms with van der Waals surface area (Å²) in [6.07, 6.45) is 1.74. The number of rotatable bonds is 6. The van der Waals surface area contributed by atoms with Crippen LogP contribution in [0.5, 0.6) is 0 Å². The molecule has 6 heteroatoms. The number of hydrogen-bond acceptors (Lipinski definition) is 3. The fourth-order valence-corrected chi connectivity index (χ4v) is 3.04. The van der Waals surface area contributed by atoms with Crippen LogP contribution in [0.15, 0.2) is 54.7 Å². The second kappa shape index (κ2) is 8.73. The molecule has 0 bridgehead atoms. The van der Waals surface area contributed by atoms with E-state index in [0.29, 0.717) is 17.8 Å². The summed E-state index contributed by atoms with van der Waals surface area (Å²) in [7, 11) is 1.75. The summed E-state index contributed by atoms with van der Waals surface area (Å²) in [5, 5.41) is 10.0. The molecule has 0 fully saturated rings. The van der Waals surface area contributed by atoms with E-state index in [0.717, 1.165) is 22.4 Å². The molecule has 0 saturated carbocycles. The molecule has 0 unspecified atom stereocenters. The number of anilines is 1. The molecule has 0 radical (unpaired) electrons. The molecule has 2 aromatic carbocycles. The van der Waals surface area contributed by atoms with Gasteiger partial charge in [-0.05, 0) is 24.6 Å². The Morgan fingerprint density at radius 1 is 1.14 bits per heavy atom. The van der Waals surface area contributed by atoms with Gasteiger partial charge in [-0.2, -0.15) is 5.10 Å². The summed E-state index contributed by atoms with van der Waals surface area (Å²) in [4.78, 5) is 27.0. The summed E-state index contributed by atoms with van der Waals surface area (Å²) < 4.78 is 0. The molecule has 3 aromatic rings. The van der Waals surface area contributed by atoms with Crippen LogP contribution < -0.4 is 5.32 Å². The zero-order valence-electron chi connectivity index (χ0n) is 17.2. The van der Waals surface area contributed by atoms with Crippen molar-refractivity contribution in [3.8, 4) is 11.3 Å². The second-order valence-corrected chi connectivity index (χ2v) is 7.49. The van der Waals surface area contributed by atoms with Gasteiger partial charge >= 0.3 is 0 Å². The van der Waals surface area contributed by atoms with E-state index in [-0.39, 0.29) is 17.7 Å². The Balaban J connectivity index is 1.84. The SMILES string of the molecule is Cc1ccc(NC(=O)C(C)C)c(C(=O)N(C)Cc2cn[nH]c2-c2ccccc2)c1. The first kappa shape index (κ1) is 20.3. The van der Waals surface area contributed by atoms with Crippen LogP contribution in [-0.4, -0.2) is 34.0 Å². The summed E-state index contributed by atoms with van der Waals surface area (Å²) in [6.45, 7) is 5.96. The van der Waals surface area contributed by atoms with E-state index in [1.54, 1.807) is 24.2 Å². The molecule has 6 nitrogen and oxygen atoms in total. The minimum absolute atomic E-state index is 0.119. The Kier molecular flexibility index (Phi) is 6.12. The molecule has 29 heavy (non-hydrogen) atoms. The fourth-order valence-electron chi connectivity index (χ4n) is 3.04. The Bertz CT molecular complexity index is 1010. The van der Waals surface area contributed by atoms with Crippen molar-refractivity contribution >= 4 is 17.5 Å². The second-order valence-electron chi connectivity index (χ2n) is 7.49. The summed E-state index contributed by atoms with van der Waals surface area (Å²) in [5.74, 6) is -0.448. The number of nitrogens with one attached hydrogen (secondary N) is 2. The third-order valence-electron chi connectivity index (χ3n) is 4.72. The minimum atomic E-state index is -0.170. The average Bonchev–Trinajstić information content (AvgIpc) is 3.17. The summed E-state index contributed by atoms with van der Waals surface area (Å²) >= 11 is 0. The Morgan fingerprint density at radius 3 is 2.55 bits per heavy atom. The van der Waals surface area contributed by atoms with Gasteiger partial charge in [0.25, 0.3) is 5.91 Å². The fraction of sp³-hybridized carbons (Fsp3) is 0.261. The highest BCUT2D eigenvalue weighted by Gasteiger charge is 2.20. The van der Waals surface area contributed by atoms with Crippen LogP contribution in [-0.2, 0) is 11.3 Å². The molecule has 1 heterocycles. The number of H-pyrrole nitrogens is 1. The zero-order chi connectivity index (χ0) is 21.0. The van der Waals surface area contributed by atoms with Crippen molar-refractivity contribution in [2.45, 2.75) is 27.3 Å². The van der Waals surface area contributed by atoms with Gasteiger partial charge in [0.15, 0.2) is 0 Å². The Hall–Kier alpha value is -3.41. The predicted molar refractivity (Wildman–Crippen MR) is 114 cm³/mol. The van der Waals surface area contributed by atoms with Crippen molar-refractivity contribution in [1.29, 1.82) is 0 Å². The number of benzene rings is 2. The number of hydrogen-bond donors (Lipinski definition) is 2. The van der Waals surface area contributed by atoms with Crippen LogP contribution in [0.4, 0.5) is 5.69 Å². The van der Waals surface area contributed by atoms with Crippen LogP contribution in [0.1, 0.15) is 35.3 Å². The molecule has 2 amide bonds. The molecule has 0 saturated heterocycles. The van der Waals surface area contributed by atoms with E-state index in [4.69, 9.17) is 0 Å². The van der Waals surface area contributed by atoms with E-state index in [9.17, 15) is 9.59 Å². The zero-order valence-corrected chi connectivity index (χ0v) is 17.2. The van der Waals surface area contributed by atoms with Crippen LogP contribution in [0.3, 0.4) is 0 Å². The Labute approximate surface area is 170 Å². The molecule has 3 rings (SSSR count). The number of aromatic nitrogens is 2. The molecule has 0 spiro atoms. The van der Waals surface area contributed by atoms with E-state index in [1.165, 1.54) is 0 Å². The van der Waals surface area contributed by atoms with Crippen molar-refractivity contribution in [1.82, 2.24) is 15.1 Å². The molecule has 0 atom stereocenters. The van der Waals surface area contributed by atoms with Crippen molar-refractivity contribution in [2.24, 2.45) is 5.92 Å². The first-order chi connectivity index (χ1) is 13.9. The van der Waals surface area contributed by atoms with E-state index >= 15 is 0 Å². The summed E-state index contributed by atoms with van der Waals surface area (Å²) in [5.41, 5.74) is 4.79. The van der Waals surface area contributed by atoms with Gasteiger partial charge in [0.05, 0.1) is 23.1 Å². The van der Waals surface area contributed by atoms with Gasteiger partial charge in [0.2, 0.25) is 5.91 Å². The standard InChI is InChI=1S/C23H26N4O2/c1-15(2)22(28)25-20-11-10-16(3)12-19(20)23(29)27(4)14-18-13-24-26-21(18)17-8-6-5-7-9-17/h5-13,15H,14H2,1-4H3,(H,24,26)(H,25,28). The first-order valence-corrected chi connectivity index (χ1v) is 9.61. The topological polar surface area (TPSA) is 78.1 Å². The van der Waals surface area contributed by atoms with Crippen LogP contribution in [0, 0.1) is 12.8 Å². The predicted octanol–water partition coefficient (Wildman–Crippen LogP) is 4.25. The highest BCUT2D eigenvalue weighted by Crippen LogP contribution is 2.24. The monoisotopic (exact) mass is 390 g/mol. The van der Waals surface area contributed by atoms with Gasteiger partial charge in [-0.3, -0.25) is 14.7 Å². The lowest BCUT2D eigenvalue weighted by atomic mass is 10.1. The molecular formula is C23H26N4O2. The number of carbonyl (C=O) groups excluding carboxylic acids is 2. The third kappa shape index (κ3) is 4.71. The lowest BCUT2D eigenvalue weighted by Gasteiger charge is -2.20. The van der Waals surface area contributed by atoms with Crippen LogP contribution in [0.25, 0.3) is 11.3 Å². The summed E-state index contributed by atoms with van der Waals surface area (Å²) in [6, 6.07) is 15.4. The van der Waals surface area contributed by atoms with Gasteiger partial charge in [-0.15, -0.1) is 0 Å². The Morgan fingerprint density at radius 2 is 1.86 bits per heavy atom. The smallest absolute Gasteiger partial charge is 0.256 e. The number of aromatic amines is 1. The maximum absolute atomic E-state index is 13.2. The molecule has 150 valence electrons. The van der Waals surface area contributed by atoms with Crippen molar-refractivity contribution in [3.05, 3.63) is 71.4 Å². The largest absolute Gasteiger partial charge is 0.337 e. The highest BCUT2D eigenvalue weighted by atomic mass is 16.2. The number of amides is 2. The van der Waals surface area contributed by atoms with Crippen molar-refractivity contribution < 1.29 is 9.59 Å². The first-order valence-electron chi connectivity index (χ1n) is 9.61. The van der Waals surface area contributed by atoms with E-state index in [2.05, 4.69) is 15.5 Å². The van der Waals surface area contributed by atoms with Gasteiger partial charge in [-0.1, -0.05) is 55.8 Å². The van der Waals surface area contributed by atoms with Crippen LogP contribution >= 0.6 is 0 Å². The molecule has 0 aliphatic rings. The van der Waals surface area contributed by atoms with E-state index in [1.807, 2.05) is 63.2 Å². The van der Waals surface area contributed by atoms with E-state index < -0.39 is 0 Å².